The molecule has 0 aliphatic heterocycles. The second-order valence-electron chi connectivity index (χ2n) is 5.13. The molecule has 0 saturated carbocycles. The molecule has 0 radical (unpaired) electrons. The van der Waals surface area contributed by atoms with Gasteiger partial charge in [0.25, 0.3) is 0 Å². The maximum Gasteiger partial charge on any atom is 0.0814 e. The minimum Gasteiger partial charge on any atom is -0.366 e. The molecule has 0 saturated heterocycles. The van der Waals surface area contributed by atoms with Crippen LogP contribution in [0.15, 0.2) is 24.3 Å². The van der Waals surface area contributed by atoms with Crippen molar-refractivity contribution in [3.05, 3.63) is 35.4 Å². The van der Waals surface area contributed by atoms with E-state index in [1.54, 1.807) is 0 Å². The first-order valence-corrected chi connectivity index (χ1v) is 7.16. The number of unbranched alkanes of at least 4 members (excludes halogenated alkanes) is 1. The van der Waals surface area contributed by atoms with Crippen molar-refractivity contribution < 1.29 is 0 Å². The first-order valence-electron chi connectivity index (χ1n) is 7.16. The van der Waals surface area contributed by atoms with Gasteiger partial charge in [0, 0.05) is 19.6 Å². The van der Waals surface area contributed by atoms with E-state index >= 15 is 0 Å². The van der Waals surface area contributed by atoms with E-state index in [1.807, 2.05) is 19.0 Å². The Kier molecular flexibility index (Phi) is 7.19. The number of nitrogens with zero attached hydrogens (tertiary/aromatic N) is 1. The Bertz CT molecular complexity index is 351. The zero-order valence-electron chi connectivity index (χ0n) is 12.4. The summed E-state index contributed by atoms with van der Waals surface area (Å²) in [4.78, 5) is 1.88. The number of hydrogen-bond acceptors (Lipinski definition) is 2. The molecule has 1 aliphatic carbocycles. The van der Waals surface area contributed by atoms with Crippen LogP contribution in [0.5, 0.6) is 0 Å². The summed E-state index contributed by atoms with van der Waals surface area (Å²) in [5.74, 6) is 0. The van der Waals surface area contributed by atoms with E-state index in [4.69, 9.17) is 5.41 Å². The van der Waals surface area contributed by atoms with Gasteiger partial charge in [0.2, 0.25) is 0 Å². The number of benzene rings is 1. The minimum atomic E-state index is 0.674. The van der Waals surface area contributed by atoms with Gasteiger partial charge >= 0.3 is 0 Å². The van der Waals surface area contributed by atoms with Gasteiger partial charge in [-0.1, -0.05) is 37.6 Å². The Morgan fingerprint density at radius 2 is 1.89 bits per heavy atom. The topological polar surface area (TPSA) is 39.1 Å². The van der Waals surface area contributed by atoms with Crippen LogP contribution in [0.4, 0.5) is 0 Å². The molecular formula is C16H27N3. The standard InChI is InChI=1S/C10H13N.C6H14N2/c1-11-10-6-8-4-2-3-5-9(8)7-10;1-3-4-5-8(2)6-7/h2-5,10-11H,6-7H2,1H3;6-7H,3-5H2,1-2H3. The van der Waals surface area contributed by atoms with Gasteiger partial charge in [-0.2, -0.15) is 0 Å². The molecule has 19 heavy (non-hydrogen) atoms. The van der Waals surface area contributed by atoms with E-state index in [2.05, 4.69) is 36.5 Å². The molecule has 0 aromatic heterocycles. The predicted molar refractivity (Wildman–Crippen MR) is 83.0 cm³/mol. The lowest BCUT2D eigenvalue weighted by Crippen LogP contribution is -2.24. The molecular weight excluding hydrogens is 234 g/mol. The van der Waals surface area contributed by atoms with Crippen molar-refractivity contribution in [1.82, 2.24) is 10.2 Å². The summed E-state index contributed by atoms with van der Waals surface area (Å²) in [6.07, 6.45) is 6.15. The number of nitrogens with one attached hydrogen (secondary N) is 2. The van der Waals surface area contributed by atoms with Gasteiger partial charge < -0.3 is 10.2 Å². The molecule has 0 amide bonds. The van der Waals surface area contributed by atoms with Crippen molar-refractivity contribution >= 4 is 6.34 Å². The molecule has 0 spiro atoms. The van der Waals surface area contributed by atoms with Crippen molar-refractivity contribution in [1.29, 1.82) is 5.41 Å². The third kappa shape index (κ3) is 5.43. The first kappa shape index (κ1) is 15.7. The van der Waals surface area contributed by atoms with Gasteiger partial charge in [-0.3, -0.25) is 5.41 Å². The third-order valence-corrected chi connectivity index (χ3v) is 3.54. The van der Waals surface area contributed by atoms with Crippen LogP contribution >= 0.6 is 0 Å². The van der Waals surface area contributed by atoms with E-state index in [9.17, 15) is 0 Å². The van der Waals surface area contributed by atoms with Crippen molar-refractivity contribution in [3.8, 4) is 0 Å². The maximum atomic E-state index is 6.79. The van der Waals surface area contributed by atoms with Crippen molar-refractivity contribution in [2.75, 3.05) is 20.6 Å². The summed E-state index contributed by atoms with van der Waals surface area (Å²) >= 11 is 0. The Morgan fingerprint density at radius 3 is 2.32 bits per heavy atom. The second-order valence-corrected chi connectivity index (χ2v) is 5.13. The zero-order valence-corrected chi connectivity index (χ0v) is 12.4. The van der Waals surface area contributed by atoms with Gasteiger partial charge in [0.05, 0.1) is 6.34 Å². The molecule has 1 aliphatic rings. The summed E-state index contributed by atoms with van der Waals surface area (Å²) in [5, 5.41) is 10.1. The van der Waals surface area contributed by atoms with Crippen molar-refractivity contribution in [2.45, 2.75) is 38.6 Å². The first-order chi connectivity index (χ1) is 9.21. The van der Waals surface area contributed by atoms with E-state index in [1.165, 1.54) is 43.1 Å². The number of fused-ring (bicyclic) bond motifs is 1. The Balaban J connectivity index is 0.000000203. The van der Waals surface area contributed by atoms with Crippen LogP contribution in [0.2, 0.25) is 0 Å². The van der Waals surface area contributed by atoms with Gasteiger partial charge in [0.1, 0.15) is 0 Å². The van der Waals surface area contributed by atoms with Crippen LogP contribution in [0.25, 0.3) is 0 Å². The normalized spacial score (nSPS) is 13.4. The lowest BCUT2D eigenvalue weighted by atomic mass is 10.1. The summed E-state index contributed by atoms with van der Waals surface area (Å²) in [7, 11) is 3.96. The molecule has 2 rings (SSSR count). The van der Waals surface area contributed by atoms with Crippen molar-refractivity contribution in [2.24, 2.45) is 0 Å². The number of likely N-dealkylation sites (N-methyl/N-ethyl adjacent to an activating group) is 1. The molecule has 0 bridgehead atoms. The molecule has 1 aromatic rings. The van der Waals surface area contributed by atoms with Gasteiger partial charge in [-0.05, 0) is 37.4 Å². The maximum absolute atomic E-state index is 6.79. The Hall–Kier alpha value is -1.35. The summed E-state index contributed by atoms with van der Waals surface area (Å²) in [5.41, 5.74) is 3.04. The van der Waals surface area contributed by atoms with Crippen LogP contribution < -0.4 is 5.32 Å². The summed E-state index contributed by atoms with van der Waals surface area (Å²) in [6, 6.07) is 9.38. The lowest BCUT2D eigenvalue weighted by Gasteiger charge is -2.09. The highest BCUT2D eigenvalue weighted by atomic mass is 15.1. The quantitative estimate of drug-likeness (QED) is 0.632. The van der Waals surface area contributed by atoms with Crippen LogP contribution in [0, 0.1) is 5.41 Å². The summed E-state index contributed by atoms with van der Waals surface area (Å²) in [6.45, 7) is 3.16. The largest absolute Gasteiger partial charge is 0.366 e. The third-order valence-electron chi connectivity index (χ3n) is 3.54. The van der Waals surface area contributed by atoms with E-state index in [0.29, 0.717) is 6.04 Å². The van der Waals surface area contributed by atoms with Gasteiger partial charge in [-0.15, -0.1) is 0 Å². The van der Waals surface area contributed by atoms with Crippen LogP contribution in [-0.4, -0.2) is 37.9 Å². The van der Waals surface area contributed by atoms with E-state index < -0.39 is 0 Å². The van der Waals surface area contributed by atoms with Gasteiger partial charge in [-0.25, -0.2) is 0 Å². The monoisotopic (exact) mass is 261 g/mol. The Labute approximate surface area is 117 Å². The van der Waals surface area contributed by atoms with Gasteiger partial charge in [0.15, 0.2) is 0 Å². The van der Waals surface area contributed by atoms with E-state index in [0.717, 1.165) is 6.54 Å². The number of hydrogen-bond donors (Lipinski definition) is 2. The second kappa shape index (κ2) is 8.70. The number of rotatable bonds is 5. The van der Waals surface area contributed by atoms with Crippen LogP contribution in [0.3, 0.4) is 0 Å². The molecule has 0 fully saturated rings. The Morgan fingerprint density at radius 1 is 1.32 bits per heavy atom. The molecule has 0 unspecified atom stereocenters. The zero-order chi connectivity index (χ0) is 14.1. The molecule has 106 valence electrons. The average molecular weight is 261 g/mol. The van der Waals surface area contributed by atoms with Crippen molar-refractivity contribution in [3.63, 3.8) is 0 Å². The summed E-state index contributed by atoms with van der Waals surface area (Å²) < 4.78 is 0. The fourth-order valence-electron chi connectivity index (χ4n) is 2.24. The van der Waals surface area contributed by atoms with Crippen LogP contribution in [0.1, 0.15) is 30.9 Å². The smallest absolute Gasteiger partial charge is 0.0814 e. The average Bonchev–Trinajstić information content (AvgIpc) is 2.88. The molecule has 3 nitrogen and oxygen atoms in total. The molecule has 0 atom stereocenters. The SMILES string of the molecule is CCCCN(C)C=N.CNC1Cc2ccccc2C1. The van der Waals surface area contributed by atoms with Crippen LogP contribution in [-0.2, 0) is 12.8 Å². The van der Waals surface area contributed by atoms with E-state index in [-0.39, 0.29) is 0 Å². The molecule has 3 heteroatoms. The highest BCUT2D eigenvalue weighted by Gasteiger charge is 2.18. The minimum absolute atomic E-state index is 0.674. The highest BCUT2D eigenvalue weighted by molar-refractivity contribution is 5.49. The molecule has 0 heterocycles. The lowest BCUT2D eigenvalue weighted by molar-refractivity contribution is 0.495. The molecule has 1 aromatic carbocycles. The predicted octanol–water partition coefficient (Wildman–Crippen LogP) is 2.70. The fraction of sp³-hybridized carbons (Fsp3) is 0.562. The molecule has 2 N–H and O–H groups in total. The fourth-order valence-corrected chi connectivity index (χ4v) is 2.24. The highest BCUT2D eigenvalue weighted by Crippen LogP contribution is 2.20.